The largest absolute Gasteiger partial charge is 0.553 e. The molecule has 1 rings (SSSR count). The Bertz CT molecular complexity index is 1240. The van der Waals surface area contributed by atoms with Crippen LogP contribution in [0.5, 0.6) is 23.0 Å². The lowest BCUT2D eigenvalue weighted by atomic mass is 9.43. The van der Waals surface area contributed by atoms with Gasteiger partial charge in [-0.2, -0.15) is 0 Å². The van der Waals surface area contributed by atoms with Gasteiger partial charge in [-0.15, -0.1) is 0 Å². The highest BCUT2D eigenvalue weighted by molar-refractivity contribution is 6.42. The highest BCUT2D eigenvalue weighted by atomic mass is 28.2. The number of unbranched alkanes of at least 4 members (excludes halogenated alkanes) is 1. The van der Waals surface area contributed by atoms with Crippen molar-refractivity contribution in [1.29, 1.82) is 0 Å². The van der Waals surface area contributed by atoms with Gasteiger partial charge >= 0.3 is 0 Å². The van der Waals surface area contributed by atoms with E-state index in [1.165, 1.54) is 19.3 Å². The average molecular weight is 844 g/mol. The zero-order valence-electron chi connectivity index (χ0n) is 34.2. The minimum Gasteiger partial charge on any atom is -0.553 e. The lowest BCUT2D eigenvalue weighted by Gasteiger charge is -2.66. The summed E-state index contributed by atoms with van der Waals surface area (Å²) < 4.78 is 59.3. The van der Waals surface area contributed by atoms with Gasteiger partial charge in [0.05, 0.1) is 11.1 Å². The zero-order valence-corrected chi connectivity index (χ0v) is 53.6. The maximum Gasteiger partial charge on any atom is 0.234 e. The van der Waals surface area contributed by atoms with E-state index in [1.54, 1.807) is 0 Å². The summed E-state index contributed by atoms with van der Waals surface area (Å²) in [5, 5.41) is 0. The fourth-order valence-corrected chi connectivity index (χ4v) is 14.7. The molecule has 0 N–H and O–H groups in total. The second-order valence-electron chi connectivity index (χ2n) is 14.8. The summed E-state index contributed by atoms with van der Waals surface area (Å²) in [6.07, 6.45) is 3.59. The summed E-state index contributed by atoms with van der Waals surface area (Å²) in [5.74, 6) is 0.491. The summed E-state index contributed by atoms with van der Waals surface area (Å²) >= 11 is 0. The van der Waals surface area contributed by atoms with Crippen LogP contribution in [-0.4, -0.2) is 110 Å². The first-order valence-electron chi connectivity index (χ1n) is 17.1. The van der Waals surface area contributed by atoms with Crippen LogP contribution in [0.2, 0.25) is 6.55 Å². The van der Waals surface area contributed by atoms with Gasteiger partial charge in [0.1, 0.15) is 47.7 Å². The summed E-state index contributed by atoms with van der Waals surface area (Å²) in [7, 11) is 2.90. The Hall–Kier alpha value is -0.0312. The molecule has 280 valence electrons. The molecule has 0 aromatic heterocycles. The third kappa shape index (κ3) is 7.16. The molecule has 0 heterocycles. The van der Waals surface area contributed by atoms with Crippen molar-refractivity contribution in [2.75, 3.05) is 0 Å². The maximum atomic E-state index is 6.97. The van der Waals surface area contributed by atoms with Gasteiger partial charge in [0.25, 0.3) is 0 Å². The number of rotatable bonds is 21. The van der Waals surface area contributed by atoms with Gasteiger partial charge in [0.15, 0.2) is 23.0 Å². The Morgan fingerprint density at radius 3 is 1.48 bits per heavy atom. The molecule has 1 aromatic rings. The highest BCUT2D eigenvalue weighted by Gasteiger charge is 2.71. The molecule has 0 saturated heterocycles. The minimum absolute atomic E-state index is 0.0280. The van der Waals surface area contributed by atoms with Gasteiger partial charge in [-0.25, -0.2) is 0 Å². The second-order valence-corrected chi connectivity index (χ2v) is 19.7. The topological polar surface area (TPSA) is 83.1 Å². The fourth-order valence-electron chi connectivity index (χ4n) is 7.92. The molecule has 0 aliphatic carbocycles. The first kappa shape index (κ1) is 46.0. The van der Waals surface area contributed by atoms with Gasteiger partial charge < -0.3 is 39.8 Å². The van der Waals surface area contributed by atoms with Gasteiger partial charge in [-0.1, -0.05) is 101 Å². The van der Waals surface area contributed by atoms with E-state index in [0.717, 1.165) is 11.3 Å². The fraction of sp³-hybridized carbons (Fsp3) is 0.724. The van der Waals surface area contributed by atoms with Gasteiger partial charge in [0.2, 0.25) is 64.0 Å². The molecule has 0 amide bonds. The van der Waals surface area contributed by atoms with Crippen molar-refractivity contribution in [2.24, 2.45) is 27.6 Å². The predicted molar refractivity (Wildman–Crippen MR) is 234 cm³/mol. The van der Waals surface area contributed by atoms with E-state index in [2.05, 4.69) is 81.5 Å². The summed E-state index contributed by atoms with van der Waals surface area (Å²) in [4.78, 5) is 0. The van der Waals surface area contributed by atoms with Gasteiger partial charge in [-0.3, -0.25) is 0 Å². The van der Waals surface area contributed by atoms with Crippen LogP contribution in [0.1, 0.15) is 99.6 Å². The first-order chi connectivity index (χ1) is 22.3. The van der Waals surface area contributed by atoms with Crippen LogP contribution in [0.15, 0.2) is 5.70 Å². The average Bonchev–Trinajstić information content (AvgIpc) is 3.06. The van der Waals surface area contributed by atoms with Gasteiger partial charge in [0, 0.05) is 14.9 Å². The van der Waals surface area contributed by atoms with E-state index in [-0.39, 0.29) is 16.2 Å². The molecule has 1 atom stereocenters. The Morgan fingerprint density at radius 1 is 0.667 bits per heavy atom. The summed E-state index contributed by atoms with van der Waals surface area (Å²) in [6.45, 7) is 25.9. The third-order valence-corrected chi connectivity index (χ3v) is 17.8. The SMILES string of the molecule is CCCCC(C)C(C)(C)C(C)(C)C(C)(C)C(C)(C)C(O[SiH3])(O[SiH3])C(O[SiH3])(O[SiH3])c1c(O[SiH3])c(O[SiH3])c(O[SiH3])c(O[SiH3])c1/C(=C\[SiH2]C)O[SiH3]. The third-order valence-electron chi connectivity index (χ3n) is 12.7. The molecule has 0 radical (unpaired) electrons. The predicted octanol–water partition coefficient (Wildman–Crippen LogP) is -3.90. The number of hydrogen-bond acceptors (Lipinski definition) is 9. The molecule has 1 unspecified atom stereocenters. The van der Waals surface area contributed by atoms with Crippen LogP contribution in [-0.2, 0) is 27.9 Å². The molecule has 0 aliphatic heterocycles. The second kappa shape index (κ2) is 18.1. The molecule has 0 fully saturated rings. The first-order valence-corrected chi connectivity index (χ1v) is 26.7. The van der Waals surface area contributed by atoms with Crippen molar-refractivity contribution in [3.63, 3.8) is 0 Å². The zero-order chi connectivity index (χ0) is 37.5. The summed E-state index contributed by atoms with van der Waals surface area (Å²) in [5.41, 5.74) is 2.28. The van der Waals surface area contributed by atoms with Crippen LogP contribution in [0.4, 0.5) is 0 Å². The van der Waals surface area contributed by atoms with Crippen molar-refractivity contribution >= 4 is 110 Å². The van der Waals surface area contributed by atoms with Crippen LogP contribution in [0, 0.1) is 27.6 Å². The van der Waals surface area contributed by atoms with Crippen LogP contribution < -0.4 is 17.7 Å². The van der Waals surface area contributed by atoms with E-state index >= 15 is 0 Å². The van der Waals surface area contributed by atoms with E-state index in [0.29, 0.717) is 129 Å². The van der Waals surface area contributed by atoms with Crippen molar-refractivity contribution < 1.29 is 39.8 Å². The van der Waals surface area contributed by atoms with E-state index in [9.17, 15) is 0 Å². The van der Waals surface area contributed by atoms with Crippen LogP contribution in [0.3, 0.4) is 0 Å². The quantitative estimate of drug-likeness (QED) is 0.0702. The molecule has 0 spiro atoms. The van der Waals surface area contributed by atoms with Crippen molar-refractivity contribution in [3.05, 3.63) is 16.8 Å². The monoisotopic (exact) mass is 842 g/mol. The Labute approximate surface area is 321 Å². The molecule has 48 heavy (non-hydrogen) atoms. The van der Waals surface area contributed by atoms with E-state index in [4.69, 9.17) is 39.8 Å². The molecule has 9 nitrogen and oxygen atoms in total. The van der Waals surface area contributed by atoms with E-state index in [1.807, 2.05) is 0 Å². The van der Waals surface area contributed by atoms with Gasteiger partial charge in [-0.05, 0) is 22.2 Å². The van der Waals surface area contributed by atoms with Crippen molar-refractivity contribution in [2.45, 2.75) is 107 Å². The lowest BCUT2D eigenvalue weighted by molar-refractivity contribution is -0.380. The molecular formula is C29H70O9Si10. The Balaban J connectivity index is 4.70. The molecule has 19 heteroatoms. The molecule has 0 saturated carbocycles. The Kier molecular flexibility index (Phi) is 17.4. The normalized spacial score (nSPS) is 17.4. The van der Waals surface area contributed by atoms with Crippen molar-refractivity contribution in [3.8, 4) is 23.0 Å². The smallest absolute Gasteiger partial charge is 0.234 e. The maximum absolute atomic E-state index is 6.97. The number of hydrogen-bond donors (Lipinski definition) is 0. The number of benzene rings is 1. The molecule has 1 aromatic carbocycles. The van der Waals surface area contributed by atoms with Crippen LogP contribution in [0.25, 0.3) is 5.76 Å². The standard InChI is InChI=1S/C29H70O9Si10/c1-12-13-14-16(2)24(3,4)25(5,6)26(7,8)27(9,10)29(37-46,38-47)28(35-44,36-45)19-18(17(30-39)15-48-11)20(31-40)22(33-42)23(34-43)21(19)32-41/h15-16H,12-14,48H2,1-11,39-47H3/b17-15+. The molecular weight excluding hydrogens is 773 g/mol. The van der Waals surface area contributed by atoms with Crippen LogP contribution >= 0.6 is 0 Å². The molecule has 0 bridgehead atoms. The van der Waals surface area contributed by atoms with Crippen molar-refractivity contribution in [1.82, 2.24) is 0 Å². The lowest BCUT2D eigenvalue weighted by Crippen LogP contribution is -2.71. The highest BCUT2D eigenvalue weighted by Crippen LogP contribution is 2.69. The Morgan fingerprint density at radius 2 is 1.12 bits per heavy atom. The minimum atomic E-state index is -1.53. The summed E-state index contributed by atoms with van der Waals surface area (Å²) in [6, 6.07) is 0. The molecule has 0 aliphatic rings. The van der Waals surface area contributed by atoms with E-state index < -0.39 is 26.5 Å².